The Morgan fingerprint density at radius 2 is 2.22 bits per heavy atom. The van der Waals surface area contributed by atoms with Crippen molar-refractivity contribution in [1.82, 2.24) is 4.90 Å². The van der Waals surface area contributed by atoms with Gasteiger partial charge in [0, 0.05) is 10.9 Å². The van der Waals surface area contributed by atoms with Crippen molar-refractivity contribution in [1.29, 1.82) is 0 Å². The highest BCUT2D eigenvalue weighted by atomic mass is 32.1. The van der Waals surface area contributed by atoms with Crippen LogP contribution in [-0.4, -0.2) is 16.8 Å². The van der Waals surface area contributed by atoms with Crippen LogP contribution in [-0.2, 0) is 4.79 Å². The first-order valence-corrected chi connectivity index (χ1v) is 7.60. The summed E-state index contributed by atoms with van der Waals surface area (Å²) in [6, 6.07) is 4.72. The van der Waals surface area contributed by atoms with Gasteiger partial charge >= 0.3 is 0 Å². The average molecular weight is 263 g/mol. The second-order valence-corrected chi connectivity index (χ2v) is 5.91. The van der Waals surface area contributed by atoms with E-state index in [0.29, 0.717) is 6.04 Å². The van der Waals surface area contributed by atoms with Gasteiger partial charge in [-0.3, -0.25) is 4.79 Å². The van der Waals surface area contributed by atoms with Gasteiger partial charge in [0.1, 0.15) is 0 Å². The lowest BCUT2D eigenvalue weighted by atomic mass is 9.93. The number of nitrogens with zero attached hydrogens (tertiary/aromatic N) is 1. The maximum absolute atomic E-state index is 12.2. The third kappa shape index (κ3) is 2.83. The minimum absolute atomic E-state index is 0.0720. The van der Waals surface area contributed by atoms with E-state index < -0.39 is 0 Å². The van der Waals surface area contributed by atoms with E-state index in [0.717, 1.165) is 12.8 Å². The first-order valence-electron chi connectivity index (χ1n) is 6.72. The Balaban J connectivity index is 2.18. The number of hydrogen-bond donors (Lipinski definition) is 0. The van der Waals surface area contributed by atoms with Crippen LogP contribution < -0.4 is 0 Å². The van der Waals surface area contributed by atoms with Crippen LogP contribution >= 0.6 is 11.3 Å². The minimum Gasteiger partial charge on any atom is -0.329 e. The second-order valence-electron chi connectivity index (χ2n) is 4.93. The summed E-state index contributed by atoms with van der Waals surface area (Å²) in [6.07, 6.45) is 7.51. The predicted octanol–water partition coefficient (Wildman–Crippen LogP) is 4.16. The molecule has 1 aliphatic carbocycles. The van der Waals surface area contributed by atoms with Gasteiger partial charge in [-0.1, -0.05) is 31.9 Å². The third-order valence-electron chi connectivity index (χ3n) is 3.77. The van der Waals surface area contributed by atoms with Crippen molar-refractivity contribution in [3.63, 3.8) is 0 Å². The lowest BCUT2D eigenvalue weighted by Gasteiger charge is -2.37. The minimum atomic E-state index is 0.0720. The largest absolute Gasteiger partial charge is 0.329 e. The fraction of sp³-hybridized carbons (Fsp3) is 0.533. The molecule has 0 aromatic carbocycles. The molecule has 1 amide bonds. The van der Waals surface area contributed by atoms with Crippen LogP contribution in [0, 0.1) is 0 Å². The molecule has 18 heavy (non-hydrogen) atoms. The van der Waals surface area contributed by atoms with Crippen LogP contribution in [0.15, 0.2) is 30.2 Å². The van der Waals surface area contributed by atoms with Crippen molar-refractivity contribution in [3.8, 4) is 0 Å². The third-order valence-corrected chi connectivity index (χ3v) is 4.81. The van der Waals surface area contributed by atoms with Gasteiger partial charge in [-0.2, -0.15) is 0 Å². The standard InChI is InChI=1S/C15H21NOS/c1-3-15(17)16(13-8-5-4-6-9-13)12(2)14-10-7-11-18-14/h3,7,10-13H,1,4-6,8-9H2,2H3. The highest BCUT2D eigenvalue weighted by Gasteiger charge is 2.29. The monoisotopic (exact) mass is 263 g/mol. The zero-order valence-electron chi connectivity index (χ0n) is 11.0. The van der Waals surface area contributed by atoms with Crippen molar-refractivity contribution >= 4 is 17.2 Å². The quantitative estimate of drug-likeness (QED) is 0.747. The molecule has 1 aliphatic rings. The van der Waals surface area contributed by atoms with E-state index in [4.69, 9.17) is 0 Å². The molecule has 0 N–H and O–H groups in total. The van der Waals surface area contributed by atoms with Crippen LogP contribution in [0.1, 0.15) is 49.9 Å². The smallest absolute Gasteiger partial charge is 0.246 e. The highest BCUT2D eigenvalue weighted by molar-refractivity contribution is 7.10. The number of rotatable bonds is 4. The van der Waals surface area contributed by atoms with E-state index in [-0.39, 0.29) is 11.9 Å². The SMILES string of the molecule is C=CC(=O)N(C1CCCCC1)C(C)c1cccs1. The predicted molar refractivity (Wildman–Crippen MR) is 76.7 cm³/mol. The first-order chi connectivity index (χ1) is 8.74. The number of carbonyl (C=O) groups excluding carboxylic acids is 1. The van der Waals surface area contributed by atoms with Gasteiger partial charge in [-0.15, -0.1) is 11.3 Å². The van der Waals surface area contributed by atoms with Gasteiger partial charge in [-0.05, 0) is 37.3 Å². The zero-order chi connectivity index (χ0) is 13.0. The summed E-state index contributed by atoms with van der Waals surface area (Å²) in [5, 5.41) is 2.07. The molecule has 1 heterocycles. The molecule has 0 aliphatic heterocycles. The van der Waals surface area contributed by atoms with E-state index >= 15 is 0 Å². The Kier molecular flexibility index (Phi) is 4.59. The van der Waals surface area contributed by atoms with Crippen LogP contribution in [0.4, 0.5) is 0 Å². The first kappa shape index (κ1) is 13.3. The number of amides is 1. The van der Waals surface area contributed by atoms with E-state index in [2.05, 4.69) is 24.9 Å². The molecule has 0 saturated heterocycles. The Morgan fingerprint density at radius 3 is 2.78 bits per heavy atom. The average Bonchev–Trinajstić information content (AvgIpc) is 2.94. The molecular formula is C15H21NOS. The van der Waals surface area contributed by atoms with E-state index in [1.165, 1.54) is 30.2 Å². The van der Waals surface area contributed by atoms with E-state index in [1.54, 1.807) is 11.3 Å². The molecule has 1 aromatic heterocycles. The molecule has 98 valence electrons. The fourth-order valence-electron chi connectivity index (χ4n) is 2.82. The molecule has 3 heteroatoms. The van der Waals surface area contributed by atoms with Crippen molar-refractivity contribution in [2.75, 3.05) is 0 Å². The molecular weight excluding hydrogens is 242 g/mol. The topological polar surface area (TPSA) is 20.3 Å². The van der Waals surface area contributed by atoms with Crippen LogP contribution in [0.3, 0.4) is 0 Å². The fourth-order valence-corrected chi connectivity index (χ4v) is 3.60. The van der Waals surface area contributed by atoms with Gasteiger partial charge in [0.2, 0.25) is 5.91 Å². The highest BCUT2D eigenvalue weighted by Crippen LogP contribution is 2.32. The number of carbonyl (C=O) groups is 1. The molecule has 1 unspecified atom stereocenters. The zero-order valence-corrected chi connectivity index (χ0v) is 11.8. The molecule has 1 fully saturated rings. The molecule has 0 spiro atoms. The molecule has 1 aromatic rings. The van der Waals surface area contributed by atoms with Gasteiger partial charge in [0.05, 0.1) is 6.04 Å². The number of thiophene rings is 1. The summed E-state index contributed by atoms with van der Waals surface area (Å²) < 4.78 is 0. The lowest BCUT2D eigenvalue weighted by molar-refractivity contribution is -0.131. The van der Waals surface area contributed by atoms with E-state index in [1.807, 2.05) is 11.0 Å². The molecule has 1 saturated carbocycles. The Labute approximate surface area is 113 Å². The molecule has 0 bridgehead atoms. The van der Waals surface area contributed by atoms with Crippen molar-refractivity contribution in [3.05, 3.63) is 35.0 Å². The lowest BCUT2D eigenvalue weighted by Crippen LogP contribution is -2.42. The normalized spacial score (nSPS) is 18.3. The van der Waals surface area contributed by atoms with Gasteiger partial charge in [0.15, 0.2) is 0 Å². The van der Waals surface area contributed by atoms with Gasteiger partial charge < -0.3 is 4.90 Å². The van der Waals surface area contributed by atoms with Crippen molar-refractivity contribution in [2.45, 2.75) is 51.1 Å². The molecule has 1 atom stereocenters. The Hall–Kier alpha value is -1.09. The summed E-state index contributed by atoms with van der Waals surface area (Å²) in [5.74, 6) is 0.0720. The van der Waals surface area contributed by atoms with Gasteiger partial charge in [-0.25, -0.2) is 0 Å². The molecule has 2 rings (SSSR count). The summed E-state index contributed by atoms with van der Waals surface area (Å²) in [6.45, 7) is 5.78. The molecule has 2 nitrogen and oxygen atoms in total. The van der Waals surface area contributed by atoms with E-state index in [9.17, 15) is 4.79 Å². The molecule has 0 radical (unpaired) electrons. The number of hydrogen-bond acceptors (Lipinski definition) is 2. The van der Waals surface area contributed by atoms with Crippen LogP contribution in [0.25, 0.3) is 0 Å². The Bertz CT molecular complexity index is 393. The summed E-state index contributed by atoms with van der Waals surface area (Å²) in [4.78, 5) is 15.5. The van der Waals surface area contributed by atoms with Crippen LogP contribution in [0.2, 0.25) is 0 Å². The maximum Gasteiger partial charge on any atom is 0.246 e. The maximum atomic E-state index is 12.2. The van der Waals surface area contributed by atoms with Crippen LogP contribution in [0.5, 0.6) is 0 Å². The Morgan fingerprint density at radius 1 is 1.50 bits per heavy atom. The summed E-state index contributed by atoms with van der Waals surface area (Å²) >= 11 is 1.72. The van der Waals surface area contributed by atoms with Gasteiger partial charge in [0.25, 0.3) is 0 Å². The summed E-state index contributed by atoms with van der Waals surface area (Å²) in [5.41, 5.74) is 0. The van der Waals surface area contributed by atoms with Crippen molar-refractivity contribution in [2.24, 2.45) is 0 Å². The second kappa shape index (κ2) is 6.19. The van der Waals surface area contributed by atoms with Crippen molar-refractivity contribution < 1.29 is 4.79 Å². The summed E-state index contributed by atoms with van der Waals surface area (Å²) in [7, 11) is 0.